The molecule has 5 N–H and O–H groups in total. The van der Waals surface area contributed by atoms with E-state index in [9.17, 15) is 4.79 Å². The van der Waals surface area contributed by atoms with Crippen molar-refractivity contribution in [3.8, 4) is 0 Å². The molecule has 0 saturated heterocycles. The lowest BCUT2D eigenvalue weighted by atomic mass is 10.2. The van der Waals surface area contributed by atoms with E-state index in [0.717, 1.165) is 10.9 Å². The zero-order chi connectivity index (χ0) is 12.4. The molecule has 17 heavy (non-hydrogen) atoms. The molecule has 0 aliphatic rings. The molecule has 1 heterocycles. The van der Waals surface area contributed by atoms with Gasteiger partial charge in [0.2, 0.25) is 0 Å². The van der Waals surface area contributed by atoms with Crippen molar-refractivity contribution in [2.75, 3.05) is 12.3 Å². The largest absolute Gasteiger partial charge is 0.397 e. The van der Waals surface area contributed by atoms with Crippen LogP contribution in [0.1, 0.15) is 17.4 Å². The van der Waals surface area contributed by atoms with Crippen molar-refractivity contribution in [1.29, 1.82) is 0 Å². The first kappa shape index (κ1) is 11.5. The zero-order valence-corrected chi connectivity index (χ0v) is 9.53. The zero-order valence-electron chi connectivity index (χ0n) is 9.53. The quantitative estimate of drug-likeness (QED) is 0.592. The first-order valence-electron chi connectivity index (χ1n) is 5.40. The SMILES string of the molecule is C[C@@H](CO)NC(=O)c1cc2cccc(N)c2[nH]1. The summed E-state index contributed by atoms with van der Waals surface area (Å²) in [7, 11) is 0. The van der Waals surface area contributed by atoms with Crippen LogP contribution in [-0.2, 0) is 0 Å². The van der Waals surface area contributed by atoms with Crippen molar-refractivity contribution in [2.24, 2.45) is 0 Å². The van der Waals surface area contributed by atoms with E-state index in [-0.39, 0.29) is 18.6 Å². The van der Waals surface area contributed by atoms with Crippen LogP contribution in [-0.4, -0.2) is 28.6 Å². The van der Waals surface area contributed by atoms with Crippen LogP contribution in [0.2, 0.25) is 0 Å². The van der Waals surface area contributed by atoms with Crippen LogP contribution in [0.5, 0.6) is 0 Å². The maximum atomic E-state index is 11.8. The first-order valence-corrected chi connectivity index (χ1v) is 5.40. The summed E-state index contributed by atoms with van der Waals surface area (Å²) in [6.07, 6.45) is 0. The van der Waals surface area contributed by atoms with Crippen LogP contribution in [0.25, 0.3) is 10.9 Å². The van der Waals surface area contributed by atoms with Gasteiger partial charge in [-0.15, -0.1) is 0 Å². The molecule has 1 aromatic heterocycles. The molecule has 5 heteroatoms. The maximum absolute atomic E-state index is 11.8. The smallest absolute Gasteiger partial charge is 0.268 e. The molecule has 1 amide bonds. The van der Waals surface area contributed by atoms with Crippen molar-refractivity contribution in [3.63, 3.8) is 0 Å². The highest BCUT2D eigenvalue weighted by atomic mass is 16.3. The topological polar surface area (TPSA) is 91.1 Å². The number of aliphatic hydroxyl groups excluding tert-OH is 1. The summed E-state index contributed by atoms with van der Waals surface area (Å²) < 4.78 is 0. The summed E-state index contributed by atoms with van der Waals surface area (Å²) in [6, 6.07) is 6.96. The molecule has 90 valence electrons. The van der Waals surface area contributed by atoms with E-state index in [1.54, 1.807) is 19.1 Å². The number of carbonyl (C=O) groups is 1. The number of aromatic amines is 1. The number of anilines is 1. The summed E-state index contributed by atoms with van der Waals surface area (Å²) in [5, 5.41) is 12.4. The van der Waals surface area contributed by atoms with Gasteiger partial charge in [-0.3, -0.25) is 4.79 Å². The van der Waals surface area contributed by atoms with Crippen LogP contribution in [0, 0.1) is 0 Å². The summed E-state index contributed by atoms with van der Waals surface area (Å²) in [6.45, 7) is 1.64. The van der Waals surface area contributed by atoms with Gasteiger partial charge in [-0.05, 0) is 19.1 Å². The molecule has 5 nitrogen and oxygen atoms in total. The van der Waals surface area contributed by atoms with Gasteiger partial charge >= 0.3 is 0 Å². The summed E-state index contributed by atoms with van der Waals surface area (Å²) in [5.74, 6) is -0.248. The number of hydrogen-bond acceptors (Lipinski definition) is 3. The Labute approximate surface area is 98.6 Å². The van der Waals surface area contributed by atoms with E-state index >= 15 is 0 Å². The molecule has 0 bridgehead atoms. The van der Waals surface area contributed by atoms with Crippen LogP contribution < -0.4 is 11.1 Å². The number of carbonyl (C=O) groups excluding carboxylic acids is 1. The number of hydrogen-bond donors (Lipinski definition) is 4. The molecule has 0 radical (unpaired) electrons. The first-order chi connectivity index (χ1) is 8.11. The van der Waals surface area contributed by atoms with E-state index in [2.05, 4.69) is 10.3 Å². The number of fused-ring (bicyclic) bond motifs is 1. The Bertz CT molecular complexity index is 548. The van der Waals surface area contributed by atoms with Crippen molar-refractivity contribution in [2.45, 2.75) is 13.0 Å². The van der Waals surface area contributed by atoms with Crippen molar-refractivity contribution in [3.05, 3.63) is 30.0 Å². The molecule has 1 atom stereocenters. The average molecular weight is 233 g/mol. The highest BCUT2D eigenvalue weighted by molar-refractivity contribution is 6.00. The van der Waals surface area contributed by atoms with Gasteiger partial charge in [0.25, 0.3) is 5.91 Å². The number of amides is 1. The molecule has 0 unspecified atom stereocenters. The third kappa shape index (κ3) is 2.24. The van der Waals surface area contributed by atoms with Crippen LogP contribution in [0.3, 0.4) is 0 Å². The van der Waals surface area contributed by atoms with Crippen LogP contribution >= 0.6 is 0 Å². The van der Waals surface area contributed by atoms with Crippen LogP contribution in [0.15, 0.2) is 24.3 Å². The van der Waals surface area contributed by atoms with Crippen LogP contribution in [0.4, 0.5) is 5.69 Å². The monoisotopic (exact) mass is 233 g/mol. The maximum Gasteiger partial charge on any atom is 0.268 e. The normalized spacial score (nSPS) is 12.6. The lowest BCUT2D eigenvalue weighted by Gasteiger charge is -2.09. The minimum Gasteiger partial charge on any atom is -0.397 e. The predicted octanol–water partition coefficient (Wildman–Crippen LogP) is 0.861. The molecule has 2 aromatic rings. The number of H-pyrrole nitrogens is 1. The number of rotatable bonds is 3. The number of aliphatic hydroxyl groups is 1. The Morgan fingerprint density at radius 2 is 2.35 bits per heavy atom. The Kier molecular flexibility index (Phi) is 3.01. The van der Waals surface area contributed by atoms with Crippen molar-refractivity contribution >= 4 is 22.5 Å². The van der Waals surface area contributed by atoms with Gasteiger partial charge in [-0.2, -0.15) is 0 Å². The fraction of sp³-hybridized carbons (Fsp3) is 0.250. The highest BCUT2D eigenvalue weighted by Gasteiger charge is 2.12. The fourth-order valence-electron chi connectivity index (χ4n) is 1.65. The molecule has 1 aromatic carbocycles. The number of para-hydroxylation sites is 1. The molecular formula is C12H15N3O2. The number of nitrogens with two attached hydrogens (primary N) is 1. The van der Waals surface area contributed by atoms with Crippen molar-refractivity contribution < 1.29 is 9.90 Å². The number of aromatic nitrogens is 1. The summed E-state index contributed by atoms with van der Waals surface area (Å²) >= 11 is 0. The van der Waals surface area contributed by atoms with E-state index in [4.69, 9.17) is 10.8 Å². The Balaban J connectivity index is 2.30. The van der Waals surface area contributed by atoms with E-state index in [1.165, 1.54) is 0 Å². The summed E-state index contributed by atoms with van der Waals surface area (Å²) in [4.78, 5) is 14.8. The Morgan fingerprint density at radius 3 is 3.00 bits per heavy atom. The second kappa shape index (κ2) is 4.47. The third-order valence-electron chi connectivity index (χ3n) is 2.58. The lowest BCUT2D eigenvalue weighted by Crippen LogP contribution is -2.35. The van der Waals surface area contributed by atoms with E-state index in [0.29, 0.717) is 11.4 Å². The average Bonchev–Trinajstić information content (AvgIpc) is 2.74. The van der Waals surface area contributed by atoms with Gasteiger partial charge in [0.15, 0.2) is 0 Å². The minimum atomic E-state index is -0.272. The molecule has 0 aliphatic heterocycles. The van der Waals surface area contributed by atoms with Gasteiger partial charge in [-0.25, -0.2) is 0 Å². The third-order valence-corrected chi connectivity index (χ3v) is 2.58. The van der Waals surface area contributed by atoms with Crippen molar-refractivity contribution in [1.82, 2.24) is 10.3 Å². The molecule has 0 aliphatic carbocycles. The molecule has 2 rings (SSSR count). The summed E-state index contributed by atoms with van der Waals surface area (Å²) in [5.41, 5.74) is 7.60. The molecular weight excluding hydrogens is 218 g/mol. The van der Waals surface area contributed by atoms with Gasteiger partial charge in [0.1, 0.15) is 5.69 Å². The van der Waals surface area contributed by atoms with E-state index < -0.39 is 0 Å². The second-order valence-electron chi connectivity index (χ2n) is 4.05. The molecule has 0 spiro atoms. The number of nitrogens with one attached hydrogen (secondary N) is 2. The molecule has 0 fully saturated rings. The van der Waals surface area contributed by atoms with E-state index in [1.807, 2.05) is 12.1 Å². The second-order valence-corrected chi connectivity index (χ2v) is 4.05. The van der Waals surface area contributed by atoms with Gasteiger partial charge in [-0.1, -0.05) is 12.1 Å². The Hall–Kier alpha value is -2.01. The number of nitrogen functional groups attached to an aromatic ring is 1. The lowest BCUT2D eigenvalue weighted by molar-refractivity contribution is 0.0918. The predicted molar refractivity (Wildman–Crippen MR) is 66.7 cm³/mol. The van der Waals surface area contributed by atoms with Gasteiger partial charge in [0, 0.05) is 11.4 Å². The highest BCUT2D eigenvalue weighted by Crippen LogP contribution is 2.20. The fourth-order valence-corrected chi connectivity index (χ4v) is 1.65. The molecule has 0 saturated carbocycles. The van der Waals surface area contributed by atoms with Gasteiger partial charge < -0.3 is 21.1 Å². The number of benzene rings is 1. The van der Waals surface area contributed by atoms with Gasteiger partial charge in [0.05, 0.1) is 17.8 Å². The minimum absolute atomic E-state index is 0.0892. The Morgan fingerprint density at radius 1 is 1.59 bits per heavy atom. The standard InChI is InChI=1S/C12H15N3O2/c1-7(6-16)14-12(17)10-5-8-3-2-4-9(13)11(8)15-10/h2-5,7,15-16H,6,13H2,1H3,(H,14,17)/t7-/m0/s1.